The Kier molecular flexibility index (Phi) is 7.24. The van der Waals surface area contributed by atoms with Crippen molar-refractivity contribution < 1.29 is 30.3 Å². The maximum atomic E-state index is 11.4. The third kappa shape index (κ3) is 4.97. The van der Waals surface area contributed by atoms with Crippen molar-refractivity contribution in [1.82, 2.24) is 5.32 Å². The number of hydrogen-bond donors (Lipinski definition) is 6. The fourth-order valence-electron chi connectivity index (χ4n) is 1.11. The minimum atomic E-state index is -1.86. The van der Waals surface area contributed by atoms with Crippen LogP contribution in [0.4, 0.5) is 0 Å². The second-order valence-corrected chi connectivity index (χ2v) is 3.99. The van der Waals surface area contributed by atoms with Gasteiger partial charge in [-0.15, -0.1) is 0 Å². The first kappa shape index (κ1) is 16.3. The lowest BCUT2D eigenvalue weighted by molar-refractivity contribution is -0.149. The second kappa shape index (κ2) is 7.57. The Morgan fingerprint density at radius 2 is 1.71 bits per heavy atom. The highest BCUT2D eigenvalue weighted by Gasteiger charge is 2.34. The van der Waals surface area contributed by atoms with E-state index in [1.165, 1.54) is 0 Å². The van der Waals surface area contributed by atoms with E-state index >= 15 is 0 Å². The van der Waals surface area contributed by atoms with Gasteiger partial charge in [-0.05, 0) is 13.3 Å². The molecule has 0 aromatic heterocycles. The maximum Gasteiger partial charge on any atom is 0.251 e. The highest BCUT2D eigenvalue weighted by molar-refractivity contribution is 5.81. The van der Waals surface area contributed by atoms with Crippen LogP contribution in [0.3, 0.4) is 0 Å². The Hall–Kier alpha value is -0.730. The van der Waals surface area contributed by atoms with Gasteiger partial charge in [-0.3, -0.25) is 4.79 Å². The molecule has 0 saturated heterocycles. The first-order valence-corrected chi connectivity index (χ1v) is 5.48. The molecule has 17 heavy (non-hydrogen) atoms. The summed E-state index contributed by atoms with van der Waals surface area (Å²) in [6, 6.07) is -0.177. The predicted octanol–water partition coefficient (Wildman–Crippen LogP) is -2.66. The molecule has 0 rings (SSSR count). The van der Waals surface area contributed by atoms with Crippen molar-refractivity contribution in [2.75, 3.05) is 6.61 Å². The van der Waals surface area contributed by atoms with Crippen molar-refractivity contribution in [3.63, 3.8) is 0 Å². The molecule has 0 aliphatic rings. The second-order valence-electron chi connectivity index (χ2n) is 3.99. The Labute approximate surface area is 99.7 Å². The third-order valence-electron chi connectivity index (χ3n) is 2.52. The summed E-state index contributed by atoms with van der Waals surface area (Å²) in [7, 11) is 0. The zero-order valence-electron chi connectivity index (χ0n) is 9.95. The smallest absolute Gasteiger partial charge is 0.251 e. The molecule has 0 aliphatic carbocycles. The minimum absolute atomic E-state index is 0.177. The zero-order valence-corrected chi connectivity index (χ0v) is 9.95. The van der Waals surface area contributed by atoms with E-state index in [0.717, 1.165) is 0 Å². The first-order valence-electron chi connectivity index (χ1n) is 5.48. The molecule has 0 bridgehead atoms. The summed E-state index contributed by atoms with van der Waals surface area (Å²) in [6.07, 6.45) is -6.48. The lowest BCUT2D eigenvalue weighted by Gasteiger charge is -2.25. The molecule has 1 unspecified atom stereocenters. The van der Waals surface area contributed by atoms with Crippen LogP contribution in [0.15, 0.2) is 0 Å². The monoisotopic (exact) mass is 251 g/mol. The van der Waals surface area contributed by atoms with Crippen molar-refractivity contribution in [2.45, 2.75) is 50.7 Å². The van der Waals surface area contributed by atoms with Gasteiger partial charge in [0.2, 0.25) is 0 Å². The molecule has 0 aromatic carbocycles. The summed E-state index contributed by atoms with van der Waals surface area (Å²) in [5.74, 6) is -0.837. The summed E-state index contributed by atoms with van der Waals surface area (Å²) < 4.78 is 0. The summed E-state index contributed by atoms with van der Waals surface area (Å²) in [5, 5.41) is 48.2. The van der Waals surface area contributed by atoms with Gasteiger partial charge in [0.1, 0.15) is 18.3 Å². The summed E-state index contributed by atoms with van der Waals surface area (Å²) >= 11 is 0. The van der Waals surface area contributed by atoms with Gasteiger partial charge in [0.25, 0.3) is 5.91 Å². The normalized spacial score (nSPS) is 20.2. The molecule has 0 spiro atoms. The fourth-order valence-corrected chi connectivity index (χ4v) is 1.11. The van der Waals surface area contributed by atoms with E-state index in [0.29, 0.717) is 6.42 Å². The average Bonchev–Trinajstić information content (AvgIpc) is 2.34. The van der Waals surface area contributed by atoms with Gasteiger partial charge in [0.15, 0.2) is 6.10 Å². The molecule has 0 fully saturated rings. The summed E-state index contributed by atoms with van der Waals surface area (Å²) in [6.45, 7) is 2.77. The molecule has 102 valence electrons. The van der Waals surface area contributed by atoms with Crippen LogP contribution in [0.5, 0.6) is 0 Å². The minimum Gasteiger partial charge on any atom is -0.394 e. The number of amides is 1. The number of carbonyl (C=O) groups excluding carboxylic acids is 1. The first-order chi connectivity index (χ1) is 7.84. The molecular formula is C10H21NO6. The van der Waals surface area contributed by atoms with Crippen LogP contribution in [0.25, 0.3) is 0 Å². The number of nitrogens with one attached hydrogen (secondary N) is 1. The van der Waals surface area contributed by atoms with Crippen molar-refractivity contribution in [3.05, 3.63) is 0 Å². The molecule has 0 saturated carbocycles. The molecule has 7 heteroatoms. The molecule has 5 atom stereocenters. The van der Waals surface area contributed by atoms with Gasteiger partial charge in [0.05, 0.1) is 6.61 Å². The van der Waals surface area contributed by atoms with Gasteiger partial charge >= 0.3 is 0 Å². The van der Waals surface area contributed by atoms with Gasteiger partial charge in [0, 0.05) is 6.04 Å². The maximum absolute atomic E-state index is 11.4. The quantitative estimate of drug-likeness (QED) is 0.293. The predicted molar refractivity (Wildman–Crippen MR) is 59.0 cm³/mol. The molecule has 0 aliphatic heterocycles. The highest BCUT2D eigenvalue weighted by Crippen LogP contribution is 2.05. The van der Waals surface area contributed by atoms with Crippen LogP contribution < -0.4 is 5.32 Å². The third-order valence-corrected chi connectivity index (χ3v) is 2.52. The fraction of sp³-hybridized carbons (Fsp3) is 0.900. The van der Waals surface area contributed by atoms with E-state index < -0.39 is 36.9 Å². The standard InChI is InChI=1S/C10H21NO6/c1-3-5(2)11-10(17)9(16)8(15)7(14)6(13)4-12/h5-9,12-16H,3-4H2,1-2H3,(H,11,17)/t5?,6-,7-,8+,9-/m1/s1. The Balaban J connectivity index is 4.38. The largest absolute Gasteiger partial charge is 0.394 e. The number of aliphatic hydroxyl groups excluding tert-OH is 5. The van der Waals surface area contributed by atoms with Crippen molar-refractivity contribution >= 4 is 5.91 Å². The van der Waals surface area contributed by atoms with E-state index in [1.54, 1.807) is 6.92 Å². The van der Waals surface area contributed by atoms with Gasteiger partial charge in [-0.25, -0.2) is 0 Å². The summed E-state index contributed by atoms with van der Waals surface area (Å²) in [4.78, 5) is 11.4. The van der Waals surface area contributed by atoms with Crippen LogP contribution in [0.2, 0.25) is 0 Å². The zero-order chi connectivity index (χ0) is 13.6. The van der Waals surface area contributed by atoms with E-state index in [-0.39, 0.29) is 6.04 Å². The van der Waals surface area contributed by atoms with Crippen LogP contribution in [-0.2, 0) is 4.79 Å². The van der Waals surface area contributed by atoms with Crippen molar-refractivity contribution in [2.24, 2.45) is 0 Å². The molecule has 7 nitrogen and oxygen atoms in total. The van der Waals surface area contributed by atoms with E-state index in [9.17, 15) is 20.1 Å². The van der Waals surface area contributed by atoms with E-state index in [1.807, 2.05) is 6.92 Å². The number of carbonyl (C=O) groups is 1. The van der Waals surface area contributed by atoms with Crippen LogP contribution in [-0.4, -0.2) is 68.5 Å². The lowest BCUT2D eigenvalue weighted by Crippen LogP contribution is -2.52. The van der Waals surface area contributed by atoms with Crippen LogP contribution >= 0.6 is 0 Å². The van der Waals surface area contributed by atoms with E-state index in [2.05, 4.69) is 5.32 Å². The highest BCUT2D eigenvalue weighted by atomic mass is 16.4. The van der Waals surface area contributed by atoms with Crippen molar-refractivity contribution in [3.8, 4) is 0 Å². The van der Waals surface area contributed by atoms with E-state index in [4.69, 9.17) is 10.2 Å². The number of rotatable bonds is 7. The molecule has 0 radical (unpaired) electrons. The van der Waals surface area contributed by atoms with Gasteiger partial charge in [-0.1, -0.05) is 6.92 Å². The van der Waals surface area contributed by atoms with Gasteiger partial charge < -0.3 is 30.8 Å². The number of aliphatic hydroxyl groups is 5. The molecule has 0 heterocycles. The molecular weight excluding hydrogens is 230 g/mol. The Bertz CT molecular complexity index is 237. The Morgan fingerprint density at radius 3 is 2.12 bits per heavy atom. The SMILES string of the molecule is CCC(C)NC(=O)[C@H](O)[C@@H](O)[C@H](O)[C@H](O)CO. The van der Waals surface area contributed by atoms with Gasteiger partial charge in [-0.2, -0.15) is 0 Å². The number of hydrogen-bond acceptors (Lipinski definition) is 6. The summed E-state index contributed by atoms with van der Waals surface area (Å²) in [5.41, 5.74) is 0. The topological polar surface area (TPSA) is 130 Å². The Morgan fingerprint density at radius 1 is 1.18 bits per heavy atom. The lowest BCUT2D eigenvalue weighted by atomic mass is 10.0. The average molecular weight is 251 g/mol. The molecule has 0 aromatic rings. The van der Waals surface area contributed by atoms with Crippen LogP contribution in [0, 0.1) is 0 Å². The molecule has 1 amide bonds. The van der Waals surface area contributed by atoms with Crippen molar-refractivity contribution in [1.29, 1.82) is 0 Å². The van der Waals surface area contributed by atoms with Crippen LogP contribution in [0.1, 0.15) is 20.3 Å². The molecule has 6 N–H and O–H groups in total.